The van der Waals surface area contributed by atoms with Crippen LogP contribution < -0.4 is 0 Å². The van der Waals surface area contributed by atoms with Gasteiger partial charge in [0.15, 0.2) is 5.78 Å². The van der Waals surface area contributed by atoms with E-state index in [-0.39, 0.29) is 36.2 Å². The third-order valence-electron chi connectivity index (χ3n) is 5.56. The van der Waals surface area contributed by atoms with Crippen molar-refractivity contribution in [1.82, 2.24) is 0 Å². The van der Waals surface area contributed by atoms with Gasteiger partial charge in [-0.15, -0.1) is 0 Å². The number of hydrogen-bond donors (Lipinski definition) is 0. The Balaban J connectivity index is 2.76. The van der Waals surface area contributed by atoms with E-state index in [2.05, 4.69) is 19.9 Å². The van der Waals surface area contributed by atoms with Gasteiger partial charge in [0.2, 0.25) is 0 Å². The molecule has 0 N–H and O–H groups in total. The van der Waals surface area contributed by atoms with Crippen molar-refractivity contribution in [2.45, 2.75) is 53.1 Å². The largest absolute Gasteiger partial charge is 0.345 e. The number of rotatable bonds is 5. The minimum absolute atomic E-state index is 0.102. The zero-order valence-corrected chi connectivity index (χ0v) is 16.0. The number of allylic oxidation sites excluding steroid dienone is 4. The Morgan fingerprint density at radius 2 is 1.83 bits per heavy atom. The van der Waals surface area contributed by atoms with Gasteiger partial charge in [-0.3, -0.25) is 9.36 Å². The summed E-state index contributed by atoms with van der Waals surface area (Å²) in [6, 6.07) is 0. The molecule has 130 valence electrons. The predicted octanol–water partition coefficient (Wildman–Crippen LogP) is 4.76. The molecular weight excluding hydrogens is 311 g/mol. The van der Waals surface area contributed by atoms with E-state index in [1.54, 1.807) is 19.9 Å². The molecule has 0 bridgehead atoms. The molecule has 5 heteroatoms. The smallest absolute Gasteiger partial charge is 0.308 e. The van der Waals surface area contributed by atoms with E-state index in [9.17, 15) is 9.36 Å². The van der Waals surface area contributed by atoms with E-state index in [0.717, 1.165) is 5.57 Å². The van der Waals surface area contributed by atoms with Crippen molar-refractivity contribution in [1.29, 1.82) is 0 Å². The normalized spacial score (nSPS) is 33.3. The van der Waals surface area contributed by atoms with Crippen LogP contribution in [0.15, 0.2) is 23.8 Å². The Kier molecular flexibility index (Phi) is 5.11. The van der Waals surface area contributed by atoms with Crippen LogP contribution in [0.5, 0.6) is 0 Å². The summed E-state index contributed by atoms with van der Waals surface area (Å²) in [5, 5.41) is -1.13. The van der Waals surface area contributed by atoms with Gasteiger partial charge in [0, 0.05) is 5.92 Å². The zero-order valence-electron chi connectivity index (χ0n) is 15.1. The molecule has 0 aromatic carbocycles. The van der Waals surface area contributed by atoms with E-state index in [0.29, 0.717) is 6.42 Å². The van der Waals surface area contributed by atoms with Crippen LogP contribution in [0.2, 0.25) is 0 Å². The van der Waals surface area contributed by atoms with Crippen molar-refractivity contribution >= 4 is 13.4 Å². The quantitative estimate of drug-likeness (QED) is 0.535. The third kappa shape index (κ3) is 2.59. The first-order valence-corrected chi connectivity index (χ1v) is 10.0. The maximum Gasteiger partial charge on any atom is 0.345 e. The topological polar surface area (TPSA) is 52.6 Å². The molecule has 2 aliphatic rings. The summed E-state index contributed by atoms with van der Waals surface area (Å²) in [6.07, 6.45) is 6.42. The van der Waals surface area contributed by atoms with Crippen LogP contribution in [0.1, 0.15) is 48.0 Å². The van der Waals surface area contributed by atoms with E-state index in [1.807, 2.05) is 19.9 Å². The monoisotopic (exact) mass is 340 g/mol. The highest BCUT2D eigenvalue weighted by atomic mass is 31.2. The molecule has 0 heterocycles. The molecule has 23 heavy (non-hydrogen) atoms. The van der Waals surface area contributed by atoms with Crippen LogP contribution in [-0.2, 0) is 18.4 Å². The van der Waals surface area contributed by atoms with Gasteiger partial charge in [-0.25, -0.2) is 0 Å². The maximum atomic E-state index is 13.9. The lowest BCUT2D eigenvalue weighted by atomic mass is 9.58. The highest BCUT2D eigenvalue weighted by Crippen LogP contribution is 2.72. The Morgan fingerprint density at radius 1 is 1.26 bits per heavy atom. The first-order chi connectivity index (χ1) is 10.7. The first-order valence-electron chi connectivity index (χ1n) is 8.46. The molecule has 0 saturated carbocycles. The summed E-state index contributed by atoms with van der Waals surface area (Å²) >= 11 is 0. The molecule has 0 aliphatic heterocycles. The summed E-state index contributed by atoms with van der Waals surface area (Å²) in [7, 11) is -3.62. The van der Waals surface area contributed by atoms with Gasteiger partial charge in [-0.2, -0.15) is 0 Å². The van der Waals surface area contributed by atoms with Crippen molar-refractivity contribution in [3.63, 3.8) is 0 Å². The third-order valence-corrected chi connectivity index (χ3v) is 8.58. The van der Waals surface area contributed by atoms with Gasteiger partial charge in [0.1, 0.15) is 5.16 Å². The fourth-order valence-electron chi connectivity index (χ4n) is 4.26. The number of hydrogen-bond acceptors (Lipinski definition) is 4. The highest BCUT2D eigenvalue weighted by molar-refractivity contribution is 7.57. The van der Waals surface area contributed by atoms with Crippen LogP contribution in [0.4, 0.5) is 0 Å². The fraction of sp³-hybridized carbons (Fsp3) is 0.722. The standard InChI is InChI=1S/C18H29O4P/c1-7-21-23(20,22-8-2)18-14(4)13(3)9-10-15(18)17(5,6)12-11-16(18)19/h9,11-12,14-15H,7-8,10H2,1-6H3/t14-,15-,18+/m1/s1. The Morgan fingerprint density at radius 3 is 2.35 bits per heavy atom. The van der Waals surface area contributed by atoms with Gasteiger partial charge in [0.25, 0.3) is 0 Å². The molecule has 0 saturated heterocycles. The van der Waals surface area contributed by atoms with Crippen LogP contribution in [-0.4, -0.2) is 24.2 Å². The average molecular weight is 340 g/mol. The van der Waals surface area contributed by atoms with Crippen molar-refractivity contribution in [3.8, 4) is 0 Å². The second-order valence-corrected chi connectivity index (χ2v) is 9.39. The molecule has 2 rings (SSSR count). The van der Waals surface area contributed by atoms with Gasteiger partial charge in [0.05, 0.1) is 13.2 Å². The number of ketones is 1. The van der Waals surface area contributed by atoms with Crippen molar-refractivity contribution in [2.24, 2.45) is 17.3 Å². The SMILES string of the molecule is CCOP(=O)(OCC)[C@]12C(=O)C=CC(C)(C)[C@H]1CC=C(C)[C@H]2C. The molecule has 0 aromatic heterocycles. The lowest BCUT2D eigenvalue weighted by Gasteiger charge is -2.54. The second kappa shape index (κ2) is 6.31. The van der Waals surface area contributed by atoms with Crippen LogP contribution in [0, 0.1) is 17.3 Å². The molecule has 0 aromatic rings. The highest BCUT2D eigenvalue weighted by Gasteiger charge is 2.67. The summed E-state index contributed by atoms with van der Waals surface area (Å²) in [5.74, 6) is -0.399. The van der Waals surface area contributed by atoms with Crippen LogP contribution in [0.3, 0.4) is 0 Å². The number of carbonyl (C=O) groups is 1. The van der Waals surface area contributed by atoms with E-state index in [4.69, 9.17) is 9.05 Å². The van der Waals surface area contributed by atoms with Crippen molar-refractivity contribution < 1.29 is 18.4 Å². The lowest BCUT2D eigenvalue weighted by Crippen LogP contribution is -2.58. The van der Waals surface area contributed by atoms with Crippen LogP contribution >= 0.6 is 7.60 Å². The van der Waals surface area contributed by atoms with Crippen LogP contribution in [0.25, 0.3) is 0 Å². The second-order valence-electron chi connectivity index (χ2n) is 7.14. The van der Waals surface area contributed by atoms with Gasteiger partial charge < -0.3 is 9.05 Å². The lowest BCUT2D eigenvalue weighted by molar-refractivity contribution is -0.123. The maximum absolute atomic E-state index is 13.9. The summed E-state index contributed by atoms with van der Waals surface area (Å²) in [6.45, 7) is 12.3. The van der Waals surface area contributed by atoms with E-state index in [1.165, 1.54) is 0 Å². The number of fused-ring (bicyclic) bond motifs is 1. The van der Waals surface area contributed by atoms with Crippen molar-refractivity contribution in [2.75, 3.05) is 13.2 Å². The molecule has 4 nitrogen and oxygen atoms in total. The molecule has 0 amide bonds. The fourth-order valence-corrected chi connectivity index (χ4v) is 7.28. The molecule has 0 fully saturated rings. The summed E-state index contributed by atoms with van der Waals surface area (Å²) < 4.78 is 25.3. The number of carbonyl (C=O) groups excluding carboxylic acids is 1. The molecule has 0 spiro atoms. The molecule has 0 unspecified atom stereocenters. The Labute approximate surface area is 139 Å². The zero-order chi connectivity index (χ0) is 17.5. The van der Waals surface area contributed by atoms with Crippen molar-refractivity contribution in [3.05, 3.63) is 23.8 Å². The van der Waals surface area contributed by atoms with E-state index >= 15 is 0 Å². The van der Waals surface area contributed by atoms with E-state index < -0.39 is 12.8 Å². The predicted molar refractivity (Wildman–Crippen MR) is 92.5 cm³/mol. The Bertz CT molecular complexity index is 580. The van der Waals surface area contributed by atoms with Gasteiger partial charge in [-0.05, 0) is 44.6 Å². The molecule has 0 radical (unpaired) electrons. The average Bonchev–Trinajstić information content (AvgIpc) is 2.46. The summed E-state index contributed by atoms with van der Waals surface area (Å²) in [4.78, 5) is 13.1. The molecule has 3 atom stereocenters. The minimum atomic E-state index is -3.62. The minimum Gasteiger partial charge on any atom is -0.308 e. The molecular formula is C18H29O4P. The first kappa shape index (κ1) is 18.6. The molecule has 2 aliphatic carbocycles. The summed E-state index contributed by atoms with van der Waals surface area (Å²) in [5.41, 5.74) is 0.837. The van der Waals surface area contributed by atoms with Gasteiger partial charge in [-0.1, -0.05) is 38.5 Å². The van der Waals surface area contributed by atoms with Gasteiger partial charge >= 0.3 is 7.60 Å². The Hall–Kier alpha value is -0.700.